The minimum Gasteiger partial charge on any atom is -0.456 e. The number of likely N-dealkylation sites (tertiary alicyclic amines) is 1. The van der Waals surface area contributed by atoms with Gasteiger partial charge < -0.3 is 4.74 Å². The molecule has 140 valence electrons. The molecule has 2 aliphatic carbocycles. The van der Waals surface area contributed by atoms with Crippen molar-refractivity contribution in [3.8, 4) is 0 Å². The number of nitrogens with zero attached hydrogens (tertiary/aromatic N) is 1. The van der Waals surface area contributed by atoms with Crippen molar-refractivity contribution in [2.75, 3.05) is 13.2 Å². The van der Waals surface area contributed by atoms with Crippen LogP contribution in [0.25, 0.3) is 0 Å². The van der Waals surface area contributed by atoms with Gasteiger partial charge in [-0.1, -0.05) is 24.3 Å². The highest BCUT2D eigenvalue weighted by molar-refractivity contribution is 6.07. The molecule has 2 amide bonds. The van der Waals surface area contributed by atoms with E-state index in [1.54, 1.807) is 6.07 Å². The number of Topliss-reactive ketones (excluding diaryl/α,β-unsaturated/α-hetero) is 1. The molecule has 1 saturated heterocycles. The molecule has 0 spiro atoms. The zero-order valence-corrected chi connectivity index (χ0v) is 15.0. The Morgan fingerprint density at radius 3 is 2.37 bits per heavy atom. The number of fused-ring (bicyclic) bond motifs is 2. The minimum atomic E-state index is -0.738. The van der Waals surface area contributed by atoms with Gasteiger partial charge in [-0.15, -0.1) is 0 Å². The van der Waals surface area contributed by atoms with Crippen LogP contribution in [-0.4, -0.2) is 41.6 Å². The van der Waals surface area contributed by atoms with Crippen molar-refractivity contribution < 1.29 is 23.9 Å². The molecule has 6 nitrogen and oxygen atoms in total. The molecule has 3 aliphatic rings. The smallest absolute Gasteiger partial charge is 0.326 e. The Labute approximate surface area is 157 Å². The maximum atomic E-state index is 12.4. The molecule has 2 atom stereocenters. The van der Waals surface area contributed by atoms with E-state index in [4.69, 9.17) is 4.74 Å². The molecule has 1 aromatic carbocycles. The lowest BCUT2D eigenvalue weighted by Gasteiger charge is -2.14. The number of ketones is 1. The molecule has 0 N–H and O–H groups in total. The van der Waals surface area contributed by atoms with Crippen LogP contribution in [0.2, 0.25) is 0 Å². The number of benzene rings is 1. The highest BCUT2D eigenvalue weighted by atomic mass is 16.5. The van der Waals surface area contributed by atoms with Gasteiger partial charge in [-0.2, -0.15) is 0 Å². The molecular weight excluding hydrogens is 346 g/mol. The van der Waals surface area contributed by atoms with E-state index in [1.165, 1.54) is 11.1 Å². The van der Waals surface area contributed by atoms with Gasteiger partial charge in [-0.25, -0.2) is 0 Å². The van der Waals surface area contributed by atoms with Crippen LogP contribution in [0.5, 0.6) is 0 Å². The Bertz CT molecular complexity index is 830. The first kappa shape index (κ1) is 17.6. The number of rotatable bonds is 5. The molecule has 2 unspecified atom stereocenters. The van der Waals surface area contributed by atoms with E-state index in [2.05, 4.69) is 0 Å². The molecule has 1 heterocycles. The van der Waals surface area contributed by atoms with Crippen LogP contribution in [0, 0.1) is 11.8 Å². The van der Waals surface area contributed by atoms with Crippen LogP contribution in [0.3, 0.4) is 0 Å². The fraction of sp³-hybridized carbons (Fsp3) is 0.429. The molecule has 0 saturated carbocycles. The SMILES string of the molecule is O=C(CN1C(=O)C2CC=CCC2C1=O)OCC(=O)c1ccc2c(c1)CCC2. The molecule has 0 bridgehead atoms. The lowest BCUT2D eigenvalue weighted by atomic mass is 9.85. The second-order valence-corrected chi connectivity index (χ2v) is 7.34. The summed E-state index contributed by atoms with van der Waals surface area (Å²) in [7, 11) is 0. The Morgan fingerprint density at radius 1 is 1.00 bits per heavy atom. The zero-order chi connectivity index (χ0) is 19.0. The number of allylic oxidation sites excluding steroid dienone is 2. The largest absolute Gasteiger partial charge is 0.456 e. The second-order valence-electron chi connectivity index (χ2n) is 7.34. The Morgan fingerprint density at radius 2 is 1.67 bits per heavy atom. The molecular formula is C21H21NO5. The standard InChI is InChI=1S/C21H21NO5/c23-18(15-9-8-13-4-3-5-14(13)10-15)12-27-19(24)11-22-20(25)16-6-1-2-7-17(16)21(22)26/h1-2,8-10,16-17H,3-7,11-12H2. The summed E-state index contributed by atoms with van der Waals surface area (Å²) in [6.07, 6.45) is 7.93. The average molecular weight is 367 g/mol. The summed E-state index contributed by atoms with van der Waals surface area (Å²) in [4.78, 5) is 50.0. The second kappa shape index (κ2) is 7.10. The number of imide groups is 1. The summed E-state index contributed by atoms with van der Waals surface area (Å²) >= 11 is 0. The minimum absolute atomic E-state index is 0.282. The van der Waals surface area contributed by atoms with E-state index in [-0.39, 0.29) is 36.0 Å². The lowest BCUT2D eigenvalue weighted by molar-refractivity contribution is -0.152. The van der Waals surface area contributed by atoms with Gasteiger partial charge in [0.25, 0.3) is 0 Å². The summed E-state index contributed by atoms with van der Waals surface area (Å²) < 4.78 is 5.04. The first-order chi connectivity index (χ1) is 13.0. The van der Waals surface area contributed by atoms with Gasteiger partial charge in [0.2, 0.25) is 11.8 Å². The molecule has 1 aliphatic heterocycles. The van der Waals surface area contributed by atoms with Gasteiger partial charge in [0.05, 0.1) is 11.8 Å². The van der Waals surface area contributed by atoms with E-state index >= 15 is 0 Å². The summed E-state index contributed by atoms with van der Waals surface area (Å²) in [5.41, 5.74) is 2.97. The van der Waals surface area contributed by atoms with E-state index in [1.807, 2.05) is 24.3 Å². The first-order valence-corrected chi connectivity index (χ1v) is 9.35. The number of ether oxygens (including phenoxy) is 1. The van der Waals surface area contributed by atoms with Gasteiger partial charge >= 0.3 is 5.97 Å². The van der Waals surface area contributed by atoms with Gasteiger partial charge in [-0.05, 0) is 49.3 Å². The zero-order valence-electron chi connectivity index (χ0n) is 15.0. The maximum absolute atomic E-state index is 12.4. The molecule has 0 radical (unpaired) electrons. The van der Waals surface area contributed by atoms with Crippen LogP contribution >= 0.6 is 0 Å². The Hall–Kier alpha value is -2.76. The van der Waals surface area contributed by atoms with Crippen LogP contribution in [0.15, 0.2) is 30.4 Å². The van der Waals surface area contributed by atoms with E-state index in [9.17, 15) is 19.2 Å². The van der Waals surface area contributed by atoms with Crippen molar-refractivity contribution in [3.63, 3.8) is 0 Å². The number of amides is 2. The van der Waals surface area contributed by atoms with Crippen LogP contribution in [-0.2, 0) is 32.0 Å². The van der Waals surface area contributed by atoms with E-state index in [0.29, 0.717) is 18.4 Å². The quantitative estimate of drug-likeness (QED) is 0.343. The predicted molar refractivity (Wildman–Crippen MR) is 95.8 cm³/mol. The number of carbonyl (C=O) groups is 4. The predicted octanol–water partition coefficient (Wildman–Crippen LogP) is 1.85. The first-order valence-electron chi connectivity index (χ1n) is 9.35. The van der Waals surface area contributed by atoms with Crippen molar-refractivity contribution >= 4 is 23.6 Å². The highest BCUT2D eigenvalue weighted by Crippen LogP contribution is 2.34. The number of aryl methyl sites for hydroxylation is 2. The normalized spacial score (nSPS) is 23.3. The summed E-state index contributed by atoms with van der Waals surface area (Å²) in [5, 5.41) is 0. The monoisotopic (exact) mass is 367 g/mol. The van der Waals surface area contributed by atoms with Gasteiger partial charge in [0.1, 0.15) is 6.54 Å². The lowest BCUT2D eigenvalue weighted by Crippen LogP contribution is -2.37. The molecule has 27 heavy (non-hydrogen) atoms. The molecule has 1 fully saturated rings. The number of hydrogen-bond acceptors (Lipinski definition) is 5. The van der Waals surface area contributed by atoms with Gasteiger partial charge in [0.15, 0.2) is 12.4 Å². The summed E-state index contributed by atoms with van der Waals surface area (Å²) in [5.74, 6) is -2.41. The van der Waals surface area contributed by atoms with Crippen molar-refractivity contribution in [2.24, 2.45) is 11.8 Å². The van der Waals surface area contributed by atoms with Crippen LogP contribution in [0.4, 0.5) is 0 Å². The van der Waals surface area contributed by atoms with Gasteiger partial charge in [-0.3, -0.25) is 24.1 Å². The van der Waals surface area contributed by atoms with Crippen molar-refractivity contribution in [1.29, 1.82) is 0 Å². The van der Waals surface area contributed by atoms with E-state index < -0.39 is 12.5 Å². The van der Waals surface area contributed by atoms with Crippen LogP contribution in [0.1, 0.15) is 40.7 Å². The van der Waals surface area contributed by atoms with E-state index in [0.717, 1.165) is 24.2 Å². The molecule has 0 aromatic heterocycles. The molecule has 1 aromatic rings. The fourth-order valence-electron chi connectivity index (χ4n) is 4.17. The number of carbonyl (C=O) groups excluding carboxylic acids is 4. The van der Waals surface area contributed by atoms with Crippen molar-refractivity contribution in [3.05, 3.63) is 47.0 Å². The Balaban J connectivity index is 1.33. The summed E-state index contributed by atoms with van der Waals surface area (Å²) in [6.45, 7) is -0.815. The van der Waals surface area contributed by atoms with Crippen molar-refractivity contribution in [2.45, 2.75) is 32.1 Å². The topological polar surface area (TPSA) is 80.8 Å². The summed E-state index contributed by atoms with van der Waals surface area (Å²) in [6, 6.07) is 5.57. The van der Waals surface area contributed by atoms with Crippen LogP contribution < -0.4 is 0 Å². The fourth-order valence-corrected chi connectivity index (χ4v) is 4.17. The highest BCUT2D eigenvalue weighted by Gasteiger charge is 2.47. The molecule has 4 rings (SSSR count). The Kier molecular flexibility index (Phi) is 4.64. The van der Waals surface area contributed by atoms with Crippen molar-refractivity contribution in [1.82, 2.24) is 4.90 Å². The third-order valence-corrected chi connectivity index (χ3v) is 5.67. The maximum Gasteiger partial charge on any atom is 0.326 e. The molecule has 6 heteroatoms. The average Bonchev–Trinajstić information content (AvgIpc) is 3.25. The number of hydrogen-bond donors (Lipinski definition) is 0. The van der Waals surface area contributed by atoms with Gasteiger partial charge in [0, 0.05) is 5.56 Å². The third kappa shape index (κ3) is 3.31. The number of esters is 1. The third-order valence-electron chi connectivity index (χ3n) is 5.67.